The Kier molecular flexibility index (Phi) is 5.51. The fraction of sp³-hybridized carbons (Fsp3) is 0.111. The Morgan fingerprint density at radius 3 is 2.24 bits per heavy atom. The number of nitrogens with zero attached hydrogens (tertiary/aromatic N) is 3. The minimum absolute atomic E-state index is 0.278. The number of aliphatic imine (C=N–C) groups is 1. The molecule has 7 nitrogen and oxygen atoms in total. The number of para-hydroxylation sites is 1. The van der Waals surface area contributed by atoms with E-state index in [2.05, 4.69) is 10.5 Å². The van der Waals surface area contributed by atoms with E-state index in [0.717, 1.165) is 22.4 Å². The van der Waals surface area contributed by atoms with E-state index in [9.17, 15) is 9.59 Å². The number of hydrogen-bond donors (Lipinski definition) is 1. The van der Waals surface area contributed by atoms with Crippen molar-refractivity contribution in [3.8, 4) is 11.3 Å². The first-order chi connectivity index (χ1) is 16.5. The van der Waals surface area contributed by atoms with Gasteiger partial charge in [-0.25, -0.2) is 4.99 Å². The van der Waals surface area contributed by atoms with E-state index >= 15 is 0 Å². The largest absolute Gasteiger partial charge is 0.360 e. The Bertz CT molecular complexity index is 1390. The Hall–Kier alpha value is -4.52. The number of hydrogen-bond acceptors (Lipinski definition) is 5. The number of aryl methyl sites for hydroxylation is 1. The summed E-state index contributed by atoms with van der Waals surface area (Å²) >= 11 is 0. The fourth-order valence-electron chi connectivity index (χ4n) is 4.07. The molecule has 0 fully saturated rings. The minimum atomic E-state index is -1.13. The lowest BCUT2D eigenvalue weighted by atomic mass is 10.0. The molecule has 34 heavy (non-hydrogen) atoms. The molecular weight excluding hydrogens is 428 g/mol. The van der Waals surface area contributed by atoms with Crippen LogP contribution in [0.5, 0.6) is 0 Å². The zero-order chi connectivity index (χ0) is 23.7. The molecule has 1 aromatic heterocycles. The number of fused-ring (bicyclic) bond motifs is 1. The van der Waals surface area contributed by atoms with E-state index in [-0.39, 0.29) is 11.5 Å². The van der Waals surface area contributed by atoms with E-state index in [4.69, 9.17) is 9.52 Å². The Morgan fingerprint density at radius 2 is 1.53 bits per heavy atom. The van der Waals surface area contributed by atoms with Crippen molar-refractivity contribution in [2.45, 2.75) is 13.1 Å². The third-order valence-corrected chi connectivity index (χ3v) is 5.80. The van der Waals surface area contributed by atoms with Crippen LogP contribution in [0.1, 0.15) is 27.2 Å². The average Bonchev–Trinajstić information content (AvgIpc) is 3.24. The van der Waals surface area contributed by atoms with Gasteiger partial charge in [-0.15, -0.1) is 0 Å². The Balaban J connectivity index is 1.57. The SMILES string of the molecule is Cc1onc(-c2ccccc2)c1C(=O)NC1N=C(c2ccccc2)c2ccccc2N(C)C1=O. The van der Waals surface area contributed by atoms with Crippen LogP contribution in [0.3, 0.4) is 0 Å². The molecule has 2 amide bonds. The van der Waals surface area contributed by atoms with Gasteiger partial charge in [0.1, 0.15) is 17.0 Å². The molecule has 1 aliphatic rings. The summed E-state index contributed by atoms with van der Waals surface area (Å²) in [4.78, 5) is 33.1. The van der Waals surface area contributed by atoms with Crippen molar-refractivity contribution in [3.05, 3.63) is 107 Å². The number of nitrogens with one attached hydrogen (secondary N) is 1. The molecule has 0 saturated heterocycles. The highest BCUT2D eigenvalue weighted by Gasteiger charge is 2.32. The summed E-state index contributed by atoms with van der Waals surface area (Å²) in [5.41, 5.74) is 4.45. The van der Waals surface area contributed by atoms with Crippen molar-refractivity contribution < 1.29 is 14.1 Å². The maximum absolute atomic E-state index is 13.4. The van der Waals surface area contributed by atoms with Crippen LogP contribution in [-0.4, -0.2) is 35.9 Å². The molecule has 1 atom stereocenters. The van der Waals surface area contributed by atoms with Crippen molar-refractivity contribution in [1.29, 1.82) is 0 Å². The number of anilines is 1. The first-order valence-electron chi connectivity index (χ1n) is 10.9. The zero-order valence-corrected chi connectivity index (χ0v) is 18.7. The maximum Gasteiger partial charge on any atom is 0.272 e. The quantitative estimate of drug-likeness (QED) is 0.504. The molecule has 0 saturated carbocycles. The van der Waals surface area contributed by atoms with Gasteiger partial charge in [0.15, 0.2) is 0 Å². The van der Waals surface area contributed by atoms with Gasteiger partial charge >= 0.3 is 0 Å². The van der Waals surface area contributed by atoms with E-state index < -0.39 is 12.1 Å². The van der Waals surface area contributed by atoms with Crippen molar-refractivity contribution in [1.82, 2.24) is 10.5 Å². The second kappa shape index (κ2) is 8.78. The van der Waals surface area contributed by atoms with Crippen molar-refractivity contribution in [2.24, 2.45) is 4.99 Å². The zero-order valence-electron chi connectivity index (χ0n) is 18.7. The average molecular weight is 450 g/mol. The standard InChI is InChI=1S/C27H22N4O3/c1-17-22(24(30-34-17)19-13-7-4-8-14-19)26(32)29-25-27(33)31(2)21-16-10-9-15-20(21)23(28-25)18-11-5-3-6-12-18/h3-16,25H,1-2H3,(H,29,32). The topological polar surface area (TPSA) is 87.8 Å². The molecule has 168 valence electrons. The first kappa shape index (κ1) is 21.3. The lowest BCUT2D eigenvalue weighted by Gasteiger charge is -2.20. The number of aromatic nitrogens is 1. The van der Waals surface area contributed by atoms with Gasteiger partial charge in [-0.05, 0) is 13.0 Å². The van der Waals surface area contributed by atoms with E-state index in [1.807, 2.05) is 84.9 Å². The van der Waals surface area contributed by atoms with Crippen LogP contribution in [0.2, 0.25) is 0 Å². The third-order valence-electron chi connectivity index (χ3n) is 5.80. The number of benzene rings is 3. The van der Waals surface area contributed by atoms with E-state index in [1.54, 1.807) is 14.0 Å². The van der Waals surface area contributed by atoms with Gasteiger partial charge in [0.25, 0.3) is 11.8 Å². The van der Waals surface area contributed by atoms with Crippen molar-refractivity contribution in [2.75, 3.05) is 11.9 Å². The lowest BCUT2D eigenvalue weighted by Crippen LogP contribution is -2.46. The van der Waals surface area contributed by atoms with Gasteiger partial charge in [-0.1, -0.05) is 84.0 Å². The molecule has 1 unspecified atom stereocenters. The van der Waals surface area contributed by atoms with Crippen LogP contribution < -0.4 is 10.2 Å². The number of benzodiazepines with no additional fused rings is 1. The molecule has 1 N–H and O–H groups in total. The molecule has 1 aliphatic heterocycles. The van der Waals surface area contributed by atoms with Gasteiger partial charge < -0.3 is 14.7 Å². The highest BCUT2D eigenvalue weighted by Crippen LogP contribution is 2.28. The molecular formula is C27H22N4O3. The number of likely N-dealkylation sites (N-methyl/N-ethyl adjacent to an activating group) is 1. The summed E-state index contributed by atoms with van der Waals surface area (Å²) in [7, 11) is 1.68. The van der Waals surface area contributed by atoms with Gasteiger partial charge in [-0.3, -0.25) is 9.59 Å². The first-order valence-corrected chi connectivity index (χ1v) is 10.9. The van der Waals surface area contributed by atoms with Crippen LogP contribution in [0.25, 0.3) is 11.3 Å². The van der Waals surface area contributed by atoms with Crippen LogP contribution in [0.15, 0.2) is 94.4 Å². The smallest absolute Gasteiger partial charge is 0.272 e. The second-order valence-corrected chi connectivity index (χ2v) is 7.96. The molecule has 0 aliphatic carbocycles. The number of amides is 2. The van der Waals surface area contributed by atoms with Gasteiger partial charge in [0.05, 0.1) is 11.4 Å². The summed E-state index contributed by atoms with van der Waals surface area (Å²) in [6, 6.07) is 26.5. The molecule has 4 aromatic rings. The van der Waals surface area contributed by atoms with E-state index in [1.165, 1.54) is 4.90 Å². The third kappa shape index (κ3) is 3.77. The highest BCUT2D eigenvalue weighted by molar-refractivity contribution is 6.20. The highest BCUT2D eigenvalue weighted by atomic mass is 16.5. The lowest BCUT2D eigenvalue weighted by molar-refractivity contribution is -0.119. The molecule has 0 radical (unpaired) electrons. The summed E-state index contributed by atoms with van der Waals surface area (Å²) < 4.78 is 5.33. The van der Waals surface area contributed by atoms with Crippen molar-refractivity contribution >= 4 is 23.2 Å². The Labute approximate surface area is 196 Å². The monoisotopic (exact) mass is 450 g/mol. The molecule has 2 heterocycles. The summed E-state index contributed by atoms with van der Waals surface area (Å²) in [6.07, 6.45) is -1.13. The Morgan fingerprint density at radius 1 is 0.912 bits per heavy atom. The van der Waals surface area contributed by atoms with Crippen LogP contribution >= 0.6 is 0 Å². The molecule has 0 spiro atoms. The number of carbonyl (C=O) groups excluding carboxylic acids is 2. The maximum atomic E-state index is 13.4. The number of carbonyl (C=O) groups is 2. The minimum Gasteiger partial charge on any atom is -0.360 e. The van der Waals surface area contributed by atoms with Gasteiger partial charge in [-0.2, -0.15) is 0 Å². The van der Waals surface area contributed by atoms with Gasteiger partial charge in [0.2, 0.25) is 6.17 Å². The van der Waals surface area contributed by atoms with Crippen molar-refractivity contribution in [3.63, 3.8) is 0 Å². The summed E-state index contributed by atoms with van der Waals surface area (Å²) in [5.74, 6) is -0.463. The molecule has 5 rings (SSSR count). The normalized spacial score (nSPS) is 15.4. The second-order valence-electron chi connectivity index (χ2n) is 7.96. The number of rotatable bonds is 4. The fourth-order valence-corrected chi connectivity index (χ4v) is 4.07. The van der Waals surface area contributed by atoms with Gasteiger partial charge in [0, 0.05) is 23.7 Å². The van der Waals surface area contributed by atoms with Crippen LogP contribution in [0, 0.1) is 6.92 Å². The van der Waals surface area contributed by atoms with E-state index in [0.29, 0.717) is 17.2 Å². The summed E-state index contributed by atoms with van der Waals surface area (Å²) in [6.45, 7) is 1.67. The molecule has 0 bridgehead atoms. The predicted molar refractivity (Wildman–Crippen MR) is 130 cm³/mol. The molecule has 3 aromatic carbocycles. The van der Waals surface area contributed by atoms with Crippen LogP contribution in [0.4, 0.5) is 5.69 Å². The predicted octanol–water partition coefficient (Wildman–Crippen LogP) is 4.22. The summed E-state index contributed by atoms with van der Waals surface area (Å²) in [5, 5.41) is 6.89. The molecule has 7 heteroatoms. The van der Waals surface area contributed by atoms with Crippen LogP contribution in [-0.2, 0) is 4.79 Å².